The van der Waals surface area contributed by atoms with E-state index in [0.717, 1.165) is 54.0 Å². The first-order valence-corrected chi connectivity index (χ1v) is 9.59. The fourth-order valence-electron chi connectivity index (χ4n) is 3.98. The van der Waals surface area contributed by atoms with Gasteiger partial charge in [0.2, 0.25) is 0 Å². The van der Waals surface area contributed by atoms with Crippen molar-refractivity contribution in [2.45, 2.75) is 25.6 Å². The molecule has 3 aromatic rings. The predicted octanol–water partition coefficient (Wildman–Crippen LogP) is 3.95. The topological polar surface area (TPSA) is 47.5 Å². The lowest BCUT2D eigenvalue weighted by Gasteiger charge is -2.38. The van der Waals surface area contributed by atoms with Gasteiger partial charge in [-0.25, -0.2) is 9.97 Å². The van der Waals surface area contributed by atoms with Crippen molar-refractivity contribution < 1.29 is 9.47 Å². The molecule has 27 heavy (non-hydrogen) atoms. The van der Waals surface area contributed by atoms with Crippen molar-refractivity contribution in [3.63, 3.8) is 0 Å². The van der Waals surface area contributed by atoms with Crippen LogP contribution in [0.15, 0.2) is 48.5 Å². The van der Waals surface area contributed by atoms with Gasteiger partial charge in [0.25, 0.3) is 0 Å². The average Bonchev–Trinajstić information content (AvgIpc) is 3.16. The number of nitrogens with zero attached hydrogens (tertiary/aromatic N) is 3. The number of benzene rings is 2. The summed E-state index contributed by atoms with van der Waals surface area (Å²) in [6.45, 7) is 5.23. The van der Waals surface area contributed by atoms with Gasteiger partial charge in [0.15, 0.2) is 11.6 Å². The van der Waals surface area contributed by atoms with Crippen LogP contribution in [0.25, 0.3) is 22.3 Å². The molecular formula is C22H23N3O2. The van der Waals surface area contributed by atoms with Crippen molar-refractivity contribution in [2.24, 2.45) is 0 Å². The molecule has 138 valence electrons. The number of ether oxygens (including phenoxy) is 2. The van der Waals surface area contributed by atoms with E-state index in [-0.39, 0.29) is 5.79 Å². The molecule has 0 unspecified atom stereocenters. The Bertz CT molecular complexity index is 955. The Morgan fingerprint density at radius 2 is 1.59 bits per heavy atom. The first-order valence-electron chi connectivity index (χ1n) is 9.59. The summed E-state index contributed by atoms with van der Waals surface area (Å²) < 4.78 is 11.8. The van der Waals surface area contributed by atoms with Crippen LogP contribution < -0.4 is 4.90 Å². The fourth-order valence-corrected chi connectivity index (χ4v) is 3.98. The molecule has 0 amide bonds. The quantitative estimate of drug-likeness (QED) is 0.692. The van der Waals surface area contributed by atoms with Crippen molar-refractivity contribution in [1.29, 1.82) is 0 Å². The first-order chi connectivity index (χ1) is 13.2. The number of hydrogen-bond acceptors (Lipinski definition) is 5. The van der Waals surface area contributed by atoms with Crippen molar-refractivity contribution in [1.82, 2.24) is 9.97 Å². The molecule has 2 aliphatic heterocycles. The van der Waals surface area contributed by atoms with E-state index in [1.807, 2.05) is 6.07 Å². The summed E-state index contributed by atoms with van der Waals surface area (Å²) >= 11 is 0. The van der Waals surface area contributed by atoms with E-state index in [0.29, 0.717) is 13.2 Å². The van der Waals surface area contributed by atoms with Crippen LogP contribution in [0.1, 0.15) is 18.4 Å². The SMILES string of the molecule is Cc1ccc(-c2nc(N3CCC4(CC3)OCCO4)c3ccccc3n2)cc1. The minimum atomic E-state index is -0.376. The van der Waals surface area contributed by atoms with E-state index >= 15 is 0 Å². The second-order valence-corrected chi connectivity index (χ2v) is 7.35. The summed E-state index contributed by atoms with van der Waals surface area (Å²) in [4.78, 5) is 12.1. The van der Waals surface area contributed by atoms with Crippen LogP contribution in [0.4, 0.5) is 5.82 Å². The molecule has 2 aliphatic rings. The molecule has 5 heteroatoms. The maximum Gasteiger partial charge on any atom is 0.171 e. The van der Waals surface area contributed by atoms with Crippen LogP contribution in [-0.4, -0.2) is 42.1 Å². The largest absolute Gasteiger partial charge is 0.356 e. The van der Waals surface area contributed by atoms with E-state index in [1.165, 1.54) is 5.56 Å². The second kappa shape index (κ2) is 6.59. The van der Waals surface area contributed by atoms with Crippen LogP contribution in [0.2, 0.25) is 0 Å². The number of aromatic nitrogens is 2. The molecule has 0 aliphatic carbocycles. The van der Waals surface area contributed by atoms with E-state index in [9.17, 15) is 0 Å². The third-order valence-corrected chi connectivity index (χ3v) is 5.53. The number of rotatable bonds is 2. The smallest absolute Gasteiger partial charge is 0.171 e. The van der Waals surface area contributed by atoms with Crippen LogP contribution in [0.5, 0.6) is 0 Å². The summed E-state index contributed by atoms with van der Waals surface area (Å²) in [5, 5.41) is 1.09. The second-order valence-electron chi connectivity index (χ2n) is 7.35. The summed E-state index contributed by atoms with van der Waals surface area (Å²) in [6.07, 6.45) is 1.73. The summed E-state index contributed by atoms with van der Waals surface area (Å²) in [5.41, 5.74) is 3.26. The fraction of sp³-hybridized carbons (Fsp3) is 0.364. The highest BCUT2D eigenvalue weighted by molar-refractivity contribution is 5.91. The van der Waals surface area contributed by atoms with Gasteiger partial charge >= 0.3 is 0 Å². The first kappa shape index (κ1) is 16.7. The predicted molar refractivity (Wildman–Crippen MR) is 106 cm³/mol. The molecule has 0 saturated carbocycles. The van der Waals surface area contributed by atoms with E-state index < -0.39 is 0 Å². The Morgan fingerprint density at radius 1 is 0.889 bits per heavy atom. The molecule has 0 radical (unpaired) electrons. The van der Waals surface area contributed by atoms with Gasteiger partial charge in [0.05, 0.1) is 18.7 Å². The Kier molecular flexibility index (Phi) is 4.06. The Balaban J connectivity index is 1.53. The molecule has 0 N–H and O–H groups in total. The Morgan fingerprint density at radius 3 is 2.33 bits per heavy atom. The number of fused-ring (bicyclic) bond motifs is 1. The van der Waals surface area contributed by atoms with Crippen molar-refractivity contribution in [3.8, 4) is 11.4 Å². The maximum atomic E-state index is 5.88. The van der Waals surface area contributed by atoms with E-state index in [1.54, 1.807) is 0 Å². The molecule has 2 saturated heterocycles. The van der Waals surface area contributed by atoms with Gasteiger partial charge in [-0.2, -0.15) is 0 Å². The molecule has 3 heterocycles. The highest BCUT2D eigenvalue weighted by Gasteiger charge is 2.40. The molecule has 5 nitrogen and oxygen atoms in total. The van der Waals surface area contributed by atoms with Gasteiger partial charge in [-0.05, 0) is 19.1 Å². The molecule has 1 aromatic heterocycles. The highest BCUT2D eigenvalue weighted by atomic mass is 16.7. The Hall–Kier alpha value is -2.50. The maximum absolute atomic E-state index is 5.88. The number of para-hydroxylation sites is 1. The summed E-state index contributed by atoms with van der Waals surface area (Å²) in [6, 6.07) is 16.6. The van der Waals surface area contributed by atoms with Gasteiger partial charge in [-0.3, -0.25) is 0 Å². The van der Waals surface area contributed by atoms with Gasteiger partial charge in [0, 0.05) is 36.9 Å². The number of aryl methyl sites for hydroxylation is 1. The highest BCUT2D eigenvalue weighted by Crippen LogP contribution is 2.35. The average molecular weight is 361 g/mol. The van der Waals surface area contributed by atoms with Crippen molar-refractivity contribution >= 4 is 16.7 Å². The van der Waals surface area contributed by atoms with Crippen molar-refractivity contribution in [3.05, 3.63) is 54.1 Å². The molecule has 2 fully saturated rings. The lowest BCUT2D eigenvalue weighted by Crippen LogP contribution is -2.45. The Labute approximate surface area is 159 Å². The summed E-state index contributed by atoms with van der Waals surface area (Å²) in [5.74, 6) is 1.40. The van der Waals surface area contributed by atoms with Crippen LogP contribution >= 0.6 is 0 Å². The number of anilines is 1. The molecule has 2 aromatic carbocycles. The van der Waals surface area contributed by atoms with Crippen LogP contribution in [-0.2, 0) is 9.47 Å². The molecule has 0 bridgehead atoms. The summed E-state index contributed by atoms with van der Waals surface area (Å²) in [7, 11) is 0. The third kappa shape index (κ3) is 3.07. The van der Waals surface area contributed by atoms with Gasteiger partial charge in [-0.15, -0.1) is 0 Å². The molecular weight excluding hydrogens is 338 g/mol. The van der Waals surface area contributed by atoms with E-state index in [4.69, 9.17) is 19.4 Å². The number of piperidine rings is 1. The van der Waals surface area contributed by atoms with Crippen LogP contribution in [0.3, 0.4) is 0 Å². The lowest BCUT2D eigenvalue weighted by atomic mass is 10.0. The number of hydrogen-bond donors (Lipinski definition) is 0. The minimum Gasteiger partial charge on any atom is -0.356 e. The standard InChI is InChI=1S/C22H23N3O2/c1-16-6-8-17(9-7-16)20-23-19-5-3-2-4-18(19)21(24-20)25-12-10-22(11-13-25)26-14-15-27-22/h2-9H,10-15H2,1H3. The zero-order chi connectivity index (χ0) is 18.3. The monoisotopic (exact) mass is 361 g/mol. The normalized spacial score (nSPS) is 19.1. The third-order valence-electron chi connectivity index (χ3n) is 5.53. The zero-order valence-electron chi connectivity index (χ0n) is 15.5. The van der Waals surface area contributed by atoms with Crippen molar-refractivity contribution in [2.75, 3.05) is 31.2 Å². The zero-order valence-corrected chi connectivity index (χ0v) is 15.5. The molecule has 0 atom stereocenters. The molecule has 5 rings (SSSR count). The van der Waals surface area contributed by atoms with Gasteiger partial charge < -0.3 is 14.4 Å². The molecule has 1 spiro atoms. The van der Waals surface area contributed by atoms with Gasteiger partial charge in [0.1, 0.15) is 5.82 Å². The van der Waals surface area contributed by atoms with Gasteiger partial charge in [-0.1, -0.05) is 42.0 Å². The van der Waals surface area contributed by atoms with Crippen LogP contribution in [0, 0.1) is 6.92 Å². The lowest BCUT2D eigenvalue weighted by molar-refractivity contribution is -0.169. The minimum absolute atomic E-state index is 0.376. The van der Waals surface area contributed by atoms with E-state index in [2.05, 4.69) is 54.3 Å².